The van der Waals surface area contributed by atoms with Crippen LogP contribution in [-0.2, 0) is 0 Å². The van der Waals surface area contributed by atoms with Crippen LogP contribution < -0.4 is 11.1 Å². The Kier molecular flexibility index (Phi) is 1.57. The van der Waals surface area contributed by atoms with Crippen LogP contribution in [0, 0.1) is 0 Å². The number of nitrogens with two attached hydrogens (primary N) is 1. The lowest BCUT2D eigenvalue weighted by atomic mass is 10.0. The van der Waals surface area contributed by atoms with E-state index in [2.05, 4.69) is 35.4 Å². The van der Waals surface area contributed by atoms with Crippen molar-refractivity contribution in [3.05, 3.63) is 41.3 Å². The Labute approximate surface area is 88.0 Å². The van der Waals surface area contributed by atoms with E-state index in [-0.39, 0.29) is 6.04 Å². The van der Waals surface area contributed by atoms with Crippen molar-refractivity contribution in [3.8, 4) is 0 Å². The van der Waals surface area contributed by atoms with Gasteiger partial charge in [-0.15, -0.1) is 0 Å². The summed E-state index contributed by atoms with van der Waals surface area (Å²) in [7, 11) is 0. The zero-order chi connectivity index (χ0) is 10.4. The fourth-order valence-electron chi connectivity index (χ4n) is 2.28. The van der Waals surface area contributed by atoms with Crippen LogP contribution in [0.25, 0.3) is 17.0 Å². The van der Waals surface area contributed by atoms with Crippen molar-refractivity contribution >= 4 is 17.0 Å². The number of nitrogens with one attached hydrogen (secondary N) is 2. The summed E-state index contributed by atoms with van der Waals surface area (Å²) >= 11 is 0. The molecule has 0 aliphatic carbocycles. The number of fused-ring (bicyclic) bond motifs is 3. The predicted molar refractivity (Wildman–Crippen MR) is 62.0 cm³/mol. The van der Waals surface area contributed by atoms with Crippen molar-refractivity contribution in [1.29, 1.82) is 0 Å². The SMILES string of the molecule is CC1NC(N)=Cc2[nH]c3ccccc3c21. The molecule has 1 aromatic carbocycles. The summed E-state index contributed by atoms with van der Waals surface area (Å²) < 4.78 is 0. The van der Waals surface area contributed by atoms with Crippen LogP contribution in [0.2, 0.25) is 0 Å². The molecule has 0 spiro atoms. The van der Waals surface area contributed by atoms with Gasteiger partial charge < -0.3 is 16.0 Å². The molecule has 3 heteroatoms. The van der Waals surface area contributed by atoms with E-state index in [1.807, 2.05) is 12.1 Å². The van der Waals surface area contributed by atoms with E-state index in [9.17, 15) is 0 Å². The molecule has 0 amide bonds. The van der Waals surface area contributed by atoms with Crippen LogP contribution in [0.4, 0.5) is 0 Å². The van der Waals surface area contributed by atoms with Gasteiger partial charge in [0.15, 0.2) is 0 Å². The molecule has 0 radical (unpaired) electrons. The van der Waals surface area contributed by atoms with Gasteiger partial charge in [-0.3, -0.25) is 0 Å². The Balaban J connectivity index is 2.37. The molecule has 0 fully saturated rings. The molecule has 3 nitrogen and oxygen atoms in total. The topological polar surface area (TPSA) is 53.8 Å². The number of hydrogen-bond acceptors (Lipinski definition) is 2. The summed E-state index contributed by atoms with van der Waals surface area (Å²) in [6, 6.07) is 8.59. The first-order valence-electron chi connectivity index (χ1n) is 5.10. The van der Waals surface area contributed by atoms with Crippen LogP contribution >= 0.6 is 0 Å². The maximum Gasteiger partial charge on any atom is 0.0985 e. The average Bonchev–Trinajstić information content (AvgIpc) is 2.54. The van der Waals surface area contributed by atoms with Gasteiger partial charge in [-0.2, -0.15) is 0 Å². The summed E-state index contributed by atoms with van der Waals surface area (Å²) in [5, 5.41) is 4.51. The monoisotopic (exact) mass is 199 g/mol. The van der Waals surface area contributed by atoms with Gasteiger partial charge >= 0.3 is 0 Å². The maximum absolute atomic E-state index is 5.79. The van der Waals surface area contributed by atoms with Crippen LogP contribution in [0.15, 0.2) is 30.1 Å². The summed E-state index contributed by atoms with van der Waals surface area (Å²) in [6.45, 7) is 2.12. The molecule has 15 heavy (non-hydrogen) atoms. The number of aromatic nitrogens is 1. The normalized spacial score (nSPS) is 19.5. The van der Waals surface area contributed by atoms with E-state index in [1.54, 1.807) is 0 Å². The van der Waals surface area contributed by atoms with Gasteiger partial charge in [-0.1, -0.05) is 18.2 Å². The first kappa shape index (κ1) is 8.41. The number of aromatic amines is 1. The summed E-state index contributed by atoms with van der Waals surface area (Å²) in [5.74, 6) is 0.724. The van der Waals surface area contributed by atoms with E-state index < -0.39 is 0 Å². The molecule has 1 atom stereocenters. The fourth-order valence-corrected chi connectivity index (χ4v) is 2.28. The van der Waals surface area contributed by atoms with Gasteiger partial charge in [0.2, 0.25) is 0 Å². The van der Waals surface area contributed by atoms with Gasteiger partial charge in [-0.25, -0.2) is 0 Å². The lowest BCUT2D eigenvalue weighted by Crippen LogP contribution is -2.26. The molecule has 0 saturated heterocycles. The van der Waals surface area contributed by atoms with Gasteiger partial charge in [0.1, 0.15) is 0 Å². The van der Waals surface area contributed by atoms with E-state index in [4.69, 9.17) is 5.73 Å². The first-order chi connectivity index (χ1) is 7.25. The zero-order valence-corrected chi connectivity index (χ0v) is 8.54. The van der Waals surface area contributed by atoms with Crippen LogP contribution in [0.3, 0.4) is 0 Å². The summed E-state index contributed by atoms with van der Waals surface area (Å²) in [5.41, 5.74) is 9.39. The van der Waals surface area contributed by atoms with Gasteiger partial charge in [-0.05, 0) is 13.0 Å². The van der Waals surface area contributed by atoms with Crippen molar-refractivity contribution in [2.75, 3.05) is 0 Å². The molecule has 1 unspecified atom stereocenters. The smallest absolute Gasteiger partial charge is 0.0985 e. The molecule has 1 aliphatic rings. The lowest BCUT2D eigenvalue weighted by molar-refractivity contribution is 0.644. The number of benzene rings is 1. The molecular weight excluding hydrogens is 186 g/mol. The van der Waals surface area contributed by atoms with Crippen LogP contribution in [0.1, 0.15) is 24.2 Å². The third-order valence-corrected chi connectivity index (χ3v) is 2.89. The molecule has 0 saturated carbocycles. The largest absolute Gasteiger partial charge is 0.385 e. The molecule has 76 valence electrons. The average molecular weight is 199 g/mol. The third-order valence-electron chi connectivity index (χ3n) is 2.89. The van der Waals surface area contributed by atoms with Gasteiger partial charge in [0.25, 0.3) is 0 Å². The highest BCUT2D eigenvalue weighted by Crippen LogP contribution is 2.31. The number of H-pyrrole nitrogens is 1. The minimum Gasteiger partial charge on any atom is -0.385 e. The van der Waals surface area contributed by atoms with Crippen LogP contribution in [-0.4, -0.2) is 4.98 Å². The quantitative estimate of drug-likeness (QED) is 0.608. The number of hydrogen-bond donors (Lipinski definition) is 3. The summed E-state index contributed by atoms with van der Waals surface area (Å²) in [6.07, 6.45) is 1.95. The second-order valence-corrected chi connectivity index (χ2v) is 3.96. The lowest BCUT2D eigenvalue weighted by Gasteiger charge is -2.20. The molecule has 2 aromatic rings. The van der Waals surface area contributed by atoms with E-state index in [0.717, 1.165) is 11.5 Å². The Hall–Kier alpha value is -1.90. The van der Waals surface area contributed by atoms with Crippen molar-refractivity contribution in [3.63, 3.8) is 0 Å². The summed E-state index contributed by atoms with van der Waals surface area (Å²) in [4.78, 5) is 3.38. The maximum atomic E-state index is 5.79. The standard InChI is InChI=1S/C12H13N3/c1-7-12-8-4-2-3-5-9(8)15-10(12)6-11(13)14-7/h2-7,14-15H,13H2,1H3. The Morgan fingerprint density at radius 3 is 2.93 bits per heavy atom. The minimum atomic E-state index is 0.265. The highest BCUT2D eigenvalue weighted by atomic mass is 15.0. The van der Waals surface area contributed by atoms with Crippen molar-refractivity contribution < 1.29 is 0 Å². The van der Waals surface area contributed by atoms with Crippen molar-refractivity contribution in [2.45, 2.75) is 13.0 Å². The van der Waals surface area contributed by atoms with E-state index in [1.165, 1.54) is 16.5 Å². The van der Waals surface area contributed by atoms with E-state index in [0.29, 0.717) is 0 Å². The zero-order valence-electron chi connectivity index (χ0n) is 8.54. The van der Waals surface area contributed by atoms with Crippen molar-refractivity contribution in [1.82, 2.24) is 10.3 Å². The number of para-hydroxylation sites is 1. The van der Waals surface area contributed by atoms with E-state index >= 15 is 0 Å². The molecule has 2 heterocycles. The van der Waals surface area contributed by atoms with Gasteiger partial charge in [0, 0.05) is 28.2 Å². The molecule has 1 aliphatic heterocycles. The van der Waals surface area contributed by atoms with Crippen LogP contribution in [0.5, 0.6) is 0 Å². The third kappa shape index (κ3) is 1.13. The molecule has 4 N–H and O–H groups in total. The Morgan fingerprint density at radius 2 is 2.07 bits per heavy atom. The van der Waals surface area contributed by atoms with Gasteiger partial charge in [0.05, 0.1) is 11.9 Å². The highest BCUT2D eigenvalue weighted by molar-refractivity contribution is 5.88. The predicted octanol–water partition coefficient (Wildman–Crippen LogP) is 2.09. The second kappa shape index (κ2) is 2.79. The first-order valence-corrected chi connectivity index (χ1v) is 5.10. The molecule has 1 aromatic heterocycles. The number of rotatable bonds is 0. The fraction of sp³-hybridized carbons (Fsp3) is 0.167. The second-order valence-electron chi connectivity index (χ2n) is 3.96. The Bertz CT molecular complexity index is 551. The minimum absolute atomic E-state index is 0.265. The molecule has 0 bridgehead atoms. The molecular formula is C12H13N3. The highest BCUT2D eigenvalue weighted by Gasteiger charge is 2.19. The molecule has 3 rings (SSSR count). The van der Waals surface area contributed by atoms with Crippen molar-refractivity contribution in [2.24, 2.45) is 5.73 Å². The Morgan fingerprint density at radius 1 is 1.27 bits per heavy atom.